The van der Waals surface area contributed by atoms with E-state index in [4.69, 9.17) is 11.4 Å². The van der Waals surface area contributed by atoms with Crippen molar-refractivity contribution >= 4 is 0 Å². The largest absolute Gasteiger partial charge is 0.309 e. The van der Waals surface area contributed by atoms with Gasteiger partial charge in [0.15, 0.2) is 0 Å². The third kappa shape index (κ3) is 5.32. The highest BCUT2D eigenvalue weighted by Gasteiger charge is 2.24. The van der Waals surface area contributed by atoms with Crippen LogP contribution in [-0.4, -0.2) is 29.0 Å². The number of terminal acetylenes is 1. The van der Waals surface area contributed by atoms with Crippen molar-refractivity contribution in [2.75, 3.05) is 13.1 Å². The van der Waals surface area contributed by atoms with Crippen LogP contribution in [-0.2, 0) is 13.1 Å². The smallest absolute Gasteiger partial charge is 0.0602 e. The average Bonchev–Trinajstić information content (AvgIpc) is 3.21. The molecule has 0 atom stereocenters. The van der Waals surface area contributed by atoms with Gasteiger partial charge < -0.3 is 5.32 Å². The molecule has 0 radical (unpaired) electrons. The first-order chi connectivity index (χ1) is 9.67. The van der Waals surface area contributed by atoms with Crippen LogP contribution in [0.3, 0.4) is 0 Å². The molecule has 108 valence electrons. The molecule has 2 rings (SSSR count). The van der Waals surface area contributed by atoms with Gasteiger partial charge in [-0.1, -0.05) is 25.8 Å². The fraction of sp³-hybridized carbons (Fsp3) is 0.588. The number of hydrogen-bond donors (Lipinski definition) is 1. The molecule has 0 aromatic carbocycles. The molecule has 1 heterocycles. The highest BCUT2D eigenvalue weighted by molar-refractivity contribution is 5.11. The van der Waals surface area contributed by atoms with Crippen LogP contribution in [0.25, 0.3) is 0 Å². The average molecular weight is 271 g/mol. The van der Waals surface area contributed by atoms with Crippen LogP contribution < -0.4 is 5.32 Å². The maximum Gasteiger partial charge on any atom is 0.0602 e. The summed E-state index contributed by atoms with van der Waals surface area (Å²) in [4.78, 5) is 7.05. The summed E-state index contributed by atoms with van der Waals surface area (Å²) in [7, 11) is 0. The van der Waals surface area contributed by atoms with Gasteiger partial charge in [0, 0.05) is 25.7 Å². The van der Waals surface area contributed by atoms with E-state index in [1.54, 1.807) is 0 Å². The SMILES string of the molecule is C#CCN(Cc1cccc(CNC(C)C)n1)CC1CC1. The van der Waals surface area contributed by atoms with E-state index in [1.807, 2.05) is 0 Å². The van der Waals surface area contributed by atoms with E-state index in [0.717, 1.165) is 36.9 Å². The molecule has 1 aliphatic rings. The topological polar surface area (TPSA) is 28.2 Å². The van der Waals surface area contributed by atoms with Crippen LogP contribution >= 0.6 is 0 Å². The third-order valence-electron chi connectivity index (χ3n) is 3.47. The molecule has 0 saturated heterocycles. The van der Waals surface area contributed by atoms with Crippen molar-refractivity contribution in [1.29, 1.82) is 0 Å². The number of nitrogens with one attached hydrogen (secondary N) is 1. The van der Waals surface area contributed by atoms with E-state index in [0.29, 0.717) is 12.6 Å². The van der Waals surface area contributed by atoms with Gasteiger partial charge in [-0.05, 0) is 30.9 Å². The molecular weight excluding hydrogens is 246 g/mol. The lowest BCUT2D eigenvalue weighted by Gasteiger charge is -2.19. The van der Waals surface area contributed by atoms with E-state index >= 15 is 0 Å². The number of pyridine rings is 1. The number of hydrogen-bond acceptors (Lipinski definition) is 3. The van der Waals surface area contributed by atoms with Gasteiger partial charge in [-0.25, -0.2) is 0 Å². The first-order valence-corrected chi connectivity index (χ1v) is 7.51. The summed E-state index contributed by atoms with van der Waals surface area (Å²) in [6, 6.07) is 6.74. The van der Waals surface area contributed by atoms with Crippen molar-refractivity contribution in [2.45, 2.75) is 45.8 Å². The van der Waals surface area contributed by atoms with Gasteiger partial charge in [-0.3, -0.25) is 9.88 Å². The molecule has 1 aromatic rings. The zero-order valence-corrected chi connectivity index (χ0v) is 12.6. The predicted molar refractivity (Wildman–Crippen MR) is 83.0 cm³/mol. The normalized spacial score (nSPS) is 14.8. The fourth-order valence-corrected chi connectivity index (χ4v) is 2.23. The molecule has 20 heavy (non-hydrogen) atoms. The van der Waals surface area contributed by atoms with Gasteiger partial charge >= 0.3 is 0 Å². The first-order valence-electron chi connectivity index (χ1n) is 7.51. The van der Waals surface area contributed by atoms with Crippen molar-refractivity contribution < 1.29 is 0 Å². The number of nitrogens with zero attached hydrogens (tertiary/aromatic N) is 2. The van der Waals surface area contributed by atoms with E-state index in [-0.39, 0.29) is 0 Å². The maximum absolute atomic E-state index is 5.47. The van der Waals surface area contributed by atoms with Gasteiger partial charge in [-0.2, -0.15) is 0 Å². The molecule has 1 saturated carbocycles. The van der Waals surface area contributed by atoms with Gasteiger partial charge in [-0.15, -0.1) is 6.42 Å². The minimum absolute atomic E-state index is 0.480. The minimum Gasteiger partial charge on any atom is -0.309 e. The standard InChI is InChI=1S/C17H25N3/c1-4-10-20(12-15-8-9-15)13-17-7-5-6-16(19-17)11-18-14(2)3/h1,5-7,14-15,18H,8-13H2,2-3H3. The van der Waals surface area contributed by atoms with Crippen molar-refractivity contribution in [3.8, 4) is 12.3 Å². The Hall–Kier alpha value is -1.37. The van der Waals surface area contributed by atoms with Gasteiger partial charge in [0.2, 0.25) is 0 Å². The molecule has 0 bridgehead atoms. The first kappa shape index (κ1) is 15.0. The van der Waals surface area contributed by atoms with Gasteiger partial charge in [0.05, 0.1) is 17.9 Å². The molecule has 0 spiro atoms. The molecule has 0 amide bonds. The van der Waals surface area contributed by atoms with Crippen LogP contribution in [0.4, 0.5) is 0 Å². The summed E-state index contributed by atoms with van der Waals surface area (Å²) in [6.07, 6.45) is 8.18. The zero-order chi connectivity index (χ0) is 14.4. The van der Waals surface area contributed by atoms with E-state index in [9.17, 15) is 0 Å². The molecule has 1 fully saturated rings. The lowest BCUT2D eigenvalue weighted by atomic mass is 10.2. The summed E-state index contributed by atoms with van der Waals surface area (Å²) in [5.41, 5.74) is 2.22. The Morgan fingerprint density at radius 3 is 2.80 bits per heavy atom. The Bertz CT molecular complexity index is 458. The van der Waals surface area contributed by atoms with Crippen LogP contribution in [0.2, 0.25) is 0 Å². The molecule has 3 nitrogen and oxygen atoms in total. The minimum atomic E-state index is 0.480. The summed E-state index contributed by atoms with van der Waals surface area (Å²) in [6.45, 7) is 7.80. The zero-order valence-electron chi connectivity index (χ0n) is 12.6. The van der Waals surface area contributed by atoms with Gasteiger partial charge in [0.25, 0.3) is 0 Å². The van der Waals surface area contributed by atoms with E-state index < -0.39 is 0 Å². The van der Waals surface area contributed by atoms with Crippen molar-refractivity contribution in [2.24, 2.45) is 5.92 Å². The van der Waals surface area contributed by atoms with Crippen molar-refractivity contribution in [3.63, 3.8) is 0 Å². The second-order valence-corrected chi connectivity index (χ2v) is 5.97. The number of rotatable bonds is 8. The number of aromatic nitrogens is 1. The van der Waals surface area contributed by atoms with Crippen LogP contribution in [0.15, 0.2) is 18.2 Å². The fourth-order valence-electron chi connectivity index (χ4n) is 2.23. The Labute approximate surface area is 122 Å². The lowest BCUT2D eigenvalue weighted by molar-refractivity contribution is 0.283. The second-order valence-electron chi connectivity index (χ2n) is 5.97. The molecule has 0 aliphatic heterocycles. The second kappa shape index (κ2) is 7.42. The Kier molecular flexibility index (Phi) is 5.58. The maximum atomic E-state index is 5.47. The Morgan fingerprint density at radius 2 is 2.15 bits per heavy atom. The summed E-state index contributed by atoms with van der Waals surface area (Å²) < 4.78 is 0. The molecule has 1 N–H and O–H groups in total. The van der Waals surface area contributed by atoms with Crippen molar-refractivity contribution in [1.82, 2.24) is 15.2 Å². The summed E-state index contributed by atoms with van der Waals surface area (Å²) in [5, 5.41) is 3.40. The predicted octanol–water partition coefficient (Wildman–Crippen LogP) is 2.42. The lowest BCUT2D eigenvalue weighted by Crippen LogP contribution is -2.27. The van der Waals surface area contributed by atoms with Crippen LogP contribution in [0, 0.1) is 18.3 Å². The molecule has 1 aliphatic carbocycles. The van der Waals surface area contributed by atoms with Gasteiger partial charge in [0.1, 0.15) is 0 Å². The Morgan fingerprint density at radius 1 is 1.40 bits per heavy atom. The summed E-state index contributed by atoms with van der Waals surface area (Å²) >= 11 is 0. The highest BCUT2D eigenvalue weighted by Crippen LogP contribution is 2.29. The third-order valence-corrected chi connectivity index (χ3v) is 3.47. The summed E-state index contributed by atoms with van der Waals surface area (Å²) in [5.74, 6) is 3.62. The van der Waals surface area contributed by atoms with E-state index in [2.05, 4.69) is 48.2 Å². The Balaban J connectivity index is 1.92. The van der Waals surface area contributed by atoms with E-state index in [1.165, 1.54) is 12.8 Å². The quantitative estimate of drug-likeness (QED) is 0.736. The molecular formula is C17H25N3. The van der Waals surface area contributed by atoms with Crippen LogP contribution in [0.5, 0.6) is 0 Å². The highest BCUT2D eigenvalue weighted by atomic mass is 15.1. The van der Waals surface area contributed by atoms with Crippen molar-refractivity contribution in [3.05, 3.63) is 29.6 Å². The molecule has 0 unspecified atom stereocenters. The molecule has 3 heteroatoms. The van der Waals surface area contributed by atoms with Crippen LogP contribution in [0.1, 0.15) is 38.1 Å². The monoisotopic (exact) mass is 271 g/mol. The molecule has 1 aromatic heterocycles.